The third-order valence-electron chi connectivity index (χ3n) is 6.50. The number of amidine groups is 1. The summed E-state index contributed by atoms with van der Waals surface area (Å²) in [4.78, 5) is 39.7. The second-order valence-corrected chi connectivity index (χ2v) is 8.73. The molecule has 2 fully saturated rings. The van der Waals surface area contributed by atoms with Crippen LogP contribution in [0.3, 0.4) is 0 Å². The molecule has 3 rings (SSSR count). The average molecular weight is 458 g/mol. The molecule has 5 N–H and O–H groups in total. The lowest BCUT2D eigenvalue weighted by molar-refractivity contribution is -0.151. The maximum atomic E-state index is 13.4. The molecule has 0 unspecified atom stereocenters. The molecule has 9 nitrogen and oxygen atoms in total. The number of amides is 2. The molecule has 1 aliphatic carbocycles. The highest BCUT2D eigenvalue weighted by Crippen LogP contribution is 2.29. The highest BCUT2D eigenvalue weighted by atomic mass is 16.5. The van der Waals surface area contributed by atoms with Crippen LogP contribution in [0.4, 0.5) is 0 Å². The summed E-state index contributed by atoms with van der Waals surface area (Å²) in [7, 11) is 0. The molecule has 0 aromatic heterocycles. The van der Waals surface area contributed by atoms with Crippen molar-refractivity contribution in [2.24, 2.45) is 11.7 Å². The number of nitrogen functional groups attached to an aromatic ring is 1. The van der Waals surface area contributed by atoms with Gasteiger partial charge in [-0.3, -0.25) is 25.1 Å². The van der Waals surface area contributed by atoms with Gasteiger partial charge in [-0.2, -0.15) is 0 Å². The molecule has 1 heterocycles. The normalized spacial score (nSPS) is 19.3. The van der Waals surface area contributed by atoms with Crippen LogP contribution in [0.5, 0.6) is 0 Å². The van der Waals surface area contributed by atoms with E-state index in [9.17, 15) is 14.4 Å². The Labute approximate surface area is 194 Å². The fourth-order valence-electron chi connectivity index (χ4n) is 4.54. The lowest BCUT2D eigenvalue weighted by Gasteiger charge is -2.43. The van der Waals surface area contributed by atoms with Gasteiger partial charge in [0.25, 0.3) is 0 Å². The summed E-state index contributed by atoms with van der Waals surface area (Å²) in [5.41, 5.74) is 6.99. The Morgan fingerprint density at radius 3 is 2.42 bits per heavy atom. The number of rotatable bonds is 10. The van der Waals surface area contributed by atoms with Gasteiger partial charge in [0.1, 0.15) is 11.9 Å². The van der Waals surface area contributed by atoms with Crippen molar-refractivity contribution in [3.05, 3.63) is 35.4 Å². The van der Waals surface area contributed by atoms with Crippen molar-refractivity contribution in [3.8, 4) is 0 Å². The number of hydrogen-bond donors (Lipinski definition) is 4. The fourth-order valence-corrected chi connectivity index (χ4v) is 4.54. The molecule has 2 amide bonds. The minimum atomic E-state index is -0.496. The zero-order valence-electron chi connectivity index (χ0n) is 19.3. The molecule has 33 heavy (non-hydrogen) atoms. The van der Waals surface area contributed by atoms with Gasteiger partial charge in [0.15, 0.2) is 0 Å². The number of nitrogens with one attached hydrogen (secondary N) is 3. The summed E-state index contributed by atoms with van der Waals surface area (Å²) in [5.74, 6) is -0.510. The van der Waals surface area contributed by atoms with Gasteiger partial charge in [-0.25, -0.2) is 0 Å². The lowest BCUT2D eigenvalue weighted by atomic mass is 9.82. The third kappa shape index (κ3) is 6.54. The Morgan fingerprint density at radius 2 is 1.85 bits per heavy atom. The highest BCUT2D eigenvalue weighted by molar-refractivity contribution is 5.95. The van der Waals surface area contributed by atoms with Crippen LogP contribution >= 0.6 is 0 Å². The van der Waals surface area contributed by atoms with E-state index >= 15 is 0 Å². The van der Waals surface area contributed by atoms with Gasteiger partial charge in [-0.1, -0.05) is 43.5 Å². The molecular formula is C24H35N5O4. The van der Waals surface area contributed by atoms with E-state index in [1.165, 1.54) is 0 Å². The summed E-state index contributed by atoms with van der Waals surface area (Å²) < 4.78 is 5.00. The first-order valence-electron chi connectivity index (χ1n) is 11.8. The Balaban J connectivity index is 1.58. The number of hydrogen-bond acceptors (Lipinski definition) is 6. The molecular weight excluding hydrogens is 422 g/mol. The lowest BCUT2D eigenvalue weighted by Crippen LogP contribution is -2.63. The van der Waals surface area contributed by atoms with E-state index in [1.54, 1.807) is 24.0 Å². The minimum absolute atomic E-state index is 0.00158. The zero-order valence-corrected chi connectivity index (χ0v) is 19.3. The first-order valence-corrected chi connectivity index (χ1v) is 11.8. The SMILES string of the molecule is CCOC(=O)CN[C@@H](C(=O)N1CC[C@H]1C(=O)NCc1ccc(C(=N)N)cc1)C1CCCCC1. The van der Waals surface area contributed by atoms with E-state index in [0.717, 1.165) is 37.7 Å². The van der Waals surface area contributed by atoms with E-state index in [-0.39, 0.29) is 36.1 Å². The summed E-state index contributed by atoms with van der Waals surface area (Å²) >= 11 is 0. The molecule has 0 radical (unpaired) electrons. The van der Waals surface area contributed by atoms with Crippen molar-refractivity contribution in [2.45, 2.75) is 64.1 Å². The highest BCUT2D eigenvalue weighted by Gasteiger charge is 2.42. The Morgan fingerprint density at radius 1 is 1.15 bits per heavy atom. The standard InChI is InChI=1S/C24H35N5O4/c1-2-33-20(30)15-27-21(17-6-4-3-5-7-17)24(32)29-13-12-19(29)23(31)28-14-16-8-10-18(11-9-16)22(25)26/h8-11,17,19,21,27H,2-7,12-15H2,1H3,(H3,25,26)(H,28,31)/t19-,21+/m0/s1. The van der Waals surface area contributed by atoms with Crippen molar-refractivity contribution in [1.82, 2.24) is 15.5 Å². The molecule has 1 saturated heterocycles. The summed E-state index contributed by atoms with van der Waals surface area (Å²) in [6.45, 7) is 2.91. The van der Waals surface area contributed by atoms with E-state index in [4.69, 9.17) is 15.9 Å². The number of ether oxygens (including phenoxy) is 1. The van der Waals surface area contributed by atoms with E-state index in [0.29, 0.717) is 31.7 Å². The minimum Gasteiger partial charge on any atom is -0.465 e. The predicted octanol–water partition coefficient (Wildman–Crippen LogP) is 1.29. The number of likely N-dealkylation sites (tertiary alicyclic amines) is 1. The van der Waals surface area contributed by atoms with E-state index in [2.05, 4.69) is 10.6 Å². The zero-order chi connectivity index (χ0) is 23.8. The number of carbonyl (C=O) groups is 3. The molecule has 1 saturated carbocycles. The fraction of sp³-hybridized carbons (Fsp3) is 0.583. The van der Waals surface area contributed by atoms with Gasteiger partial charge >= 0.3 is 5.97 Å². The predicted molar refractivity (Wildman–Crippen MR) is 124 cm³/mol. The van der Waals surface area contributed by atoms with Gasteiger partial charge in [-0.05, 0) is 37.7 Å². The van der Waals surface area contributed by atoms with Crippen molar-refractivity contribution >= 4 is 23.6 Å². The van der Waals surface area contributed by atoms with Crippen LogP contribution in [0.1, 0.15) is 56.6 Å². The summed E-state index contributed by atoms with van der Waals surface area (Å²) in [6.07, 6.45) is 5.80. The molecule has 9 heteroatoms. The molecule has 0 bridgehead atoms. The quantitative estimate of drug-likeness (QED) is 0.237. The Bertz CT molecular complexity index is 851. The van der Waals surface area contributed by atoms with Crippen LogP contribution in [0.25, 0.3) is 0 Å². The van der Waals surface area contributed by atoms with Gasteiger partial charge < -0.3 is 20.7 Å². The van der Waals surface area contributed by atoms with Crippen molar-refractivity contribution < 1.29 is 19.1 Å². The number of carbonyl (C=O) groups excluding carboxylic acids is 3. The first kappa shape index (κ1) is 24.7. The average Bonchev–Trinajstić information content (AvgIpc) is 2.78. The molecule has 1 aromatic rings. The van der Waals surface area contributed by atoms with Gasteiger partial charge in [0.05, 0.1) is 19.2 Å². The van der Waals surface area contributed by atoms with Crippen LogP contribution in [-0.4, -0.2) is 60.3 Å². The summed E-state index contributed by atoms with van der Waals surface area (Å²) in [6, 6.07) is 6.15. The number of nitrogens with two attached hydrogens (primary N) is 1. The second-order valence-electron chi connectivity index (χ2n) is 8.73. The van der Waals surface area contributed by atoms with Crippen molar-refractivity contribution in [3.63, 3.8) is 0 Å². The molecule has 2 aliphatic rings. The number of esters is 1. The topological polar surface area (TPSA) is 138 Å². The number of nitrogens with zero attached hydrogens (tertiary/aromatic N) is 1. The van der Waals surface area contributed by atoms with Crippen LogP contribution in [-0.2, 0) is 25.7 Å². The molecule has 0 spiro atoms. The maximum absolute atomic E-state index is 13.4. The Hall–Kier alpha value is -2.94. The van der Waals surface area contributed by atoms with Crippen LogP contribution in [0.2, 0.25) is 0 Å². The Kier molecular flexibility index (Phi) is 8.82. The van der Waals surface area contributed by atoms with Gasteiger partial charge in [-0.15, -0.1) is 0 Å². The second kappa shape index (κ2) is 11.8. The molecule has 180 valence electrons. The van der Waals surface area contributed by atoms with E-state index in [1.807, 2.05) is 12.1 Å². The van der Waals surface area contributed by atoms with Crippen LogP contribution < -0.4 is 16.4 Å². The third-order valence-corrected chi connectivity index (χ3v) is 6.50. The summed E-state index contributed by atoms with van der Waals surface area (Å²) in [5, 5.41) is 13.5. The van der Waals surface area contributed by atoms with Crippen molar-refractivity contribution in [2.75, 3.05) is 19.7 Å². The molecule has 1 aromatic carbocycles. The van der Waals surface area contributed by atoms with Crippen LogP contribution in [0.15, 0.2) is 24.3 Å². The maximum Gasteiger partial charge on any atom is 0.319 e. The molecule has 1 aliphatic heterocycles. The van der Waals surface area contributed by atoms with Gasteiger partial charge in [0, 0.05) is 18.7 Å². The van der Waals surface area contributed by atoms with Gasteiger partial charge in [0.2, 0.25) is 11.8 Å². The first-order chi connectivity index (χ1) is 15.9. The molecule has 2 atom stereocenters. The smallest absolute Gasteiger partial charge is 0.319 e. The monoisotopic (exact) mass is 457 g/mol. The largest absolute Gasteiger partial charge is 0.465 e. The van der Waals surface area contributed by atoms with E-state index < -0.39 is 12.1 Å². The number of benzene rings is 1. The van der Waals surface area contributed by atoms with Crippen molar-refractivity contribution in [1.29, 1.82) is 5.41 Å². The van der Waals surface area contributed by atoms with Crippen LogP contribution in [0, 0.1) is 11.3 Å².